The highest BCUT2D eigenvalue weighted by molar-refractivity contribution is 6.50. The number of rotatable bonds is 1. The third-order valence-corrected chi connectivity index (χ3v) is 4.60. The lowest BCUT2D eigenvalue weighted by atomic mass is 9.85. The van der Waals surface area contributed by atoms with Crippen LogP contribution in [0.5, 0.6) is 0 Å². The first-order valence-electron chi connectivity index (χ1n) is 8.72. The van der Waals surface area contributed by atoms with Crippen LogP contribution in [0.15, 0.2) is 18.5 Å². The number of nitrogens with zero attached hydrogens (tertiary/aromatic N) is 3. The lowest BCUT2D eigenvalue weighted by Crippen LogP contribution is -2.43. The van der Waals surface area contributed by atoms with E-state index in [0.717, 1.165) is 6.42 Å². The lowest BCUT2D eigenvalue weighted by molar-refractivity contribution is -0.729. The molecule has 3 rings (SSSR count). The van der Waals surface area contributed by atoms with Crippen molar-refractivity contribution in [2.75, 3.05) is 0 Å². The van der Waals surface area contributed by atoms with Crippen LogP contribution in [0.4, 0.5) is 17.3 Å². The molecule has 0 aliphatic carbocycles. The molecule has 144 valence electrons. The van der Waals surface area contributed by atoms with Gasteiger partial charge in [-0.25, -0.2) is 4.57 Å². The van der Waals surface area contributed by atoms with E-state index in [0.29, 0.717) is 6.04 Å². The maximum absolute atomic E-state index is 9.75. The summed E-state index contributed by atoms with van der Waals surface area (Å²) in [6, 6.07) is 5.02. The minimum absolute atomic E-state index is 0.279. The van der Waals surface area contributed by atoms with Crippen molar-refractivity contribution in [3.05, 3.63) is 41.0 Å². The van der Waals surface area contributed by atoms with Gasteiger partial charge in [0.1, 0.15) is 5.69 Å². The number of fused-ring (bicyclic) bond motifs is 1. The normalized spacial score (nSPS) is 16.9. The molecule has 0 N–H and O–H groups in total. The summed E-state index contributed by atoms with van der Waals surface area (Å²) in [5, 5.41) is 4.86. The lowest BCUT2D eigenvalue weighted by Gasteiger charge is -2.24. The number of hydrogen-bond acceptors (Lipinski definition) is 1. The summed E-state index contributed by atoms with van der Waals surface area (Å²) in [6.45, 7) is 13.5. The molecule has 0 saturated carbocycles. The SMILES string of the molecule is Cc1cc(C)c(-n2c[n+]3c(n2)CCC3C(C)(C)C)c(C)c1.F[B-](F)(F)F. The molecule has 0 bridgehead atoms. The molecule has 2 heterocycles. The van der Waals surface area contributed by atoms with Crippen LogP contribution >= 0.6 is 0 Å². The summed E-state index contributed by atoms with van der Waals surface area (Å²) in [5.74, 6) is 1.22. The molecule has 1 aliphatic rings. The maximum atomic E-state index is 9.75. The Morgan fingerprint density at radius 3 is 2.04 bits per heavy atom. The van der Waals surface area contributed by atoms with Crippen LogP contribution < -0.4 is 4.57 Å². The van der Waals surface area contributed by atoms with Crippen molar-refractivity contribution in [3.8, 4) is 5.69 Å². The molecule has 1 aromatic carbocycles. The number of benzene rings is 1. The monoisotopic (exact) mass is 371 g/mol. The van der Waals surface area contributed by atoms with Gasteiger partial charge in [-0.2, -0.15) is 0 Å². The molecule has 26 heavy (non-hydrogen) atoms. The van der Waals surface area contributed by atoms with Crippen molar-refractivity contribution in [1.82, 2.24) is 9.78 Å². The maximum Gasteiger partial charge on any atom is 0.673 e. The van der Waals surface area contributed by atoms with E-state index in [9.17, 15) is 17.3 Å². The highest BCUT2D eigenvalue weighted by Crippen LogP contribution is 2.33. The second-order valence-electron chi connectivity index (χ2n) is 8.05. The summed E-state index contributed by atoms with van der Waals surface area (Å²) < 4.78 is 43.5. The molecule has 1 aliphatic heterocycles. The van der Waals surface area contributed by atoms with Gasteiger partial charge in [-0.05, 0) is 43.7 Å². The third-order valence-electron chi connectivity index (χ3n) is 4.60. The topological polar surface area (TPSA) is 21.7 Å². The van der Waals surface area contributed by atoms with Gasteiger partial charge in [-0.3, -0.25) is 0 Å². The standard InChI is InChI=1S/C18H26N3.BF4/c1-12-9-13(2)17(14(3)10-12)21-11-20-15(18(4,5)6)7-8-16(20)19-21;2-1(3,4)5/h9-11,15H,7-8H2,1-6H3;/q+1;-1. The van der Waals surface area contributed by atoms with Crippen LogP contribution in [0.1, 0.15) is 55.7 Å². The van der Waals surface area contributed by atoms with E-state index in [2.05, 4.69) is 69.3 Å². The van der Waals surface area contributed by atoms with Gasteiger partial charge in [-0.1, -0.05) is 43.1 Å². The largest absolute Gasteiger partial charge is 0.673 e. The predicted molar refractivity (Wildman–Crippen MR) is 95.0 cm³/mol. The quantitative estimate of drug-likeness (QED) is 0.396. The molecule has 0 amide bonds. The molecule has 0 fully saturated rings. The van der Waals surface area contributed by atoms with Crippen LogP contribution in [-0.2, 0) is 6.42 Å². The van der Waals surface area contributed by atoms with Crippen LogP contribution in [-0.4, -0.2) is 17.0 Å². The fourth-order valence-corrected chi connectivity index (χ4v) is 3.72. The second kappa shape index (κ2) is 7.04. The van der Waals surface area contributed by atoms with Crippen molar-refractivity contribution >= 4 is 7.25 Å². The Morgan fingerprint density at radius 2 is 1.58 bits per heavy atom. The summed E-state index contributed by atoms with van der Waals surface area (Å²) in [6.07, 6.45) is 4.49. The fraction of sp³-hybridized carbons (Fsp3) is 0.556. The average Bonchev–Trinajstić information content (AvgIpc) is 2.93. The highest BCUT2D eigenvalue weighted by Gasteiger charge is 2.39. The molecule has 1 atom stereocenters. The van der Waals surface area contributed by atoms with Gasteiger partial charge in [0.15, 0.2) is 0 Å². The molecular formula is C18H26BF4N3. The summed E-state index contributed by atoms with van der Waals surface area (Å²) >= 11 is 0. The van der Waals surface area contributed by atoms with E-state index >= 15 is 0 Å². The van der Waals surface area contributed by atoms with E-state index < -0.39 is 7.25 Å². The van der Waals surface area contributed by atoms with Crippen LogP contribution in [0.25, 0.3) is 5.69 Å². The number of aryl methyl sites for hydroxylation is 4. The smallest absolute Gasteiger partial charge is 0.418 e. The van der Waals surface area contributed by atoms with Gasteiger partial charge in [0, 0.05) is 11.5 Å². The van der Waals surface area contributed by atoms with Crippen molar-refractivity contribution < 1.29 is 21.8 Å². The highest BCUT2D eigenvalue weighted by atomic mass is 19.5. The first-order chi connectivity index (χ1) is 11.8. The van der Waals surface area contributed by atoms with E-state index in [1.807, 2.05) is 0 Å². The first kappa shape index (κ1) is 20.5. The van der Waals surface area contributed by atoms with Gasteiger partial charge in [0.2, 0.25) is 6.33 Å². The van der Waals surface area contributed by atoms with E-state index in [4.69, 9.17) is 5.10 Å². The Hall–Kier alpha value is -1.86. The molecular weight excluding hydrogens is 345 g/mol. The van der Waals surface area contributed by atoms with Crippen molar-refractivity contribution in [1.29, 1.82) is 0 Å². The van der Waals surface area contributed by atoms with Gasteiger partial charge < -0.3 is 17.3 Å². The Morgan fingerprint density at radius 1 is 1.08 bits per heavy atom. The molecule has 8 heteroatoms. The molecule has 1 aromatic heterocycles. The van der Waals surface area contributed by atoms with E-state index in [-0.39, 0.29) is 5.41 Å². The molecule has 0 saturated heterocycles. The van der Waals surface area contributed by atoms with E-state index in [1.165, 1.54) is 34.6 Å². The summed E-state index contributed by atoms with van der Waals surface area (Å²) in [5.41, 5.74) is 5.41. The minimum atomic E-state index is -6.00. The Bertz CT molecular complexity index is 762. The zero-order valence-electron chi connectivity index (χ0n) is 16.2. The average molecular weight is 371 g/mol. The van der Waals surface area contributed by atoms with Crippen LogP contribution in [0.2, 0.25) is 0 Å². The molecule has 3 nitrogen and oxygen atoms in total. The van der Waals surface area contributed by atoms with Crippen molar-refractivity contribution in [2.45, 2.75) is 60.4 Å². The number of hydrogen-bond donors (Lipinski definition) is 0. The van der Waals surface area contributed by atoms with Crippen molar-refractivity contribution in [3.63, 3.8) is 0 Å². The summed E-state index contributed by atoms with van der Waals surface area (Å²) in [7, 11) is -6.00. The van der Waals surface area contributed by atoms with Crippen LogP contribution in [0, 0.1) is 26.2 Å². The zero-order valence-corrected chi connectivity index (χ0v) is 16.2. The second-order valence-corrected chi connectivity index (χ2v) is 8.05. The molecule has 0 radical (unpaired) electrons. The van der Waals surface area contributed by atoms with Gasteiger partial charge >= 0.3 is 7.25 Å². The van der Waals surface area contributed by atoms with Gasteiger partial charge in [-0.15, -0.1) is 0 Å². The molecule has 0 spiro atoms. The Labute approximate surface area is 152 Å². The van der Waals surface area contributed by atoms with Gasteiger partial charge in [0.05, 0.1) is 6.04 Å². The summed E-state index contributed by atoms with van der Waals surface area (Å²) in [4.78, 5) is 0. The van der Waals surface area contributed by atoms with Crippen LogP contribution in [0.3, 0.4) is 0 Å². The zero-order chi connectivity index (χ0) is 19.9. The molecule has 1 unspecified atom stereocenters. The Balaban J connectivity index is 0.000000431. The number of halogens is 4. The predicted octanol–water partition coefficient (Wildman–Crippen LogP) is 4.92. The van der Waals surface area contributed by atoms with Crippen molar-refractivity contribution in [2.24, 2.45) is 5.41 Å². The van der Waals surface area contributed by atoms with Gasteiger partial charge in [0.25, 0.3) is 5.82 Å². The molecule has 2 aromatic rings. The van der Waals surface area contributed by atoms with E-state index in [1.54, 1.807) is 0 Å². The first-order valence-corrected chi connectivity index (χ1v) is 8.72. The Kier molecular flexibility index (Phi) is 5.54. The minimum Gasteiger partial charge on any atom is -0.418 e. The number of aromatic nitrogens is 3. The fourth-order valence-electron chi connectivity index (χ4n) is 3.72. The third kappa shape index (κ3) is 4.86.